The molecule has 0 radical (unpaired) electrons. The highest BCUT2D eigenvalue weighted by Crippen LogP contribution is 1.85. The molecule has 1 unspecified atom stereocenters. The second-order valence-corrected chi connectivity index (χ2v) is 2.92. The van der Waals surface area contributed by atoms with Crippen LogP contribution in [0.1, 0.15) is 20.3 Å². The van der Waals surface area contributed by atoms with E-state index in [0.717, 1.165) is 13.2 Å². The Morgan fingerprint density at radius 2 is 2.08 bits per heavy atom. The molecule has 0 aromatic rings. The summed E-state index contributed by atoms with van der Waals surface area (Å²) in [5.74, 6) is 0. The zero-order valence-electron chi connectivity index (χ0n) is 8.43. The maximum atomic E-state index is 5.35. The van der Waals surface area contributed by atoms with E-state index in [4.69, 9.17) is 9.47 Å². The van der Waals surface area contributed by atoms with Crippen LogP contribution in [0.2, 0.25) is 0 Å². The number of nitrogens with one attached hydrogen (secondary N) is 1. The average molecular weight is 175 g/mol. The summed E-state index contributed by atoms with van der Waals surface area (Å²) in [4.78, 5) is 0. The Kier molecular flexibility index (Phi) is 8.88. The van der Waals surface area contributed by atoms with Gasteiger partial charge in [0, 0.05) is 13.2 Å². The molecule has 3 nitrogen and oxygen atoms in total. The standard InChI is InChI=1S/C9H21NO2/c1-4-5-10-9(2)8-12-7-6-11-3/h9-10H,4-8H2,1-3H3. The minimum absolute atomic E-state index is 0.446. The van der Waals surface area contributed by atoms with Gasteiger partial charge in [-0.2, -0.15) is 0 Å². The van der Waals surface area contributed by atoms with E-state index in [1.165, 1.54) is 6.42 Å². The van der Waals surface area contributed by atoms with Crippen LogP contribution in [0.3, 0.4) is 0 Å². The van der Waals surface area contributed by atoms with E-state index < -0.39 is 0 Å². The fourth-order valence-electron chi connectivity index (χ4n) is 0.852. The van der Waals surface area contributed by atoms with Gasteiger partial charge in [-0.05, 0) is 19.9 Å². The Balaban J connectivity index is 3.02. The third-order valence-corrected chi connectivity index (χ3v) is 1.54. The largest absolute Gasteiger partial charge is 0.382 e. The summed E-state index contributed by atoms with van der Waals surface area (Å²) in [5, 5.41) is 3.34. The second kappa shape index (κ2) is 8.97. The Morgan fingerprint density at radius 1 is 1.33 bits per heavy atom. The molecule has 1 atom stereocenters. The molecule has 0 bridgehead atoms. The first kappa shape index (κ1) is 11.9. The van der Waals surface area contributed by atoms with Crippen LogP contribution in [-0.2, 0) is 9.47 Å². The molecule has 3 heteroatoms. The first-order chi connectivity index (χ1) is 5.81. The molecule has 0 aliphatic heterocycles. The van der Waals surface area contributed by atoms with Gasteiger partial charge in [0.15, 0.2) is 0 Å². The van der Waals surface area contributed by atoms with Crippen LogP contribution in [0.5, 0.6) is 0 Å². The summed E-state index contributed by atoms with van der Waals surface area (Å²) >= 11 is 0. The number of hydrogen-bond donors (Lipinski definition) is 1. The molecule has 0 rings (SSSR count). The molecule has 0 spiro atoms. The van der Waals surface area contributed by atoms with Gasteiger partial charge in [-0.3, -0.25) is 0 Å². The smallest absolute Gasteiger partial charge is 0.0701 e. The maximum absolute atomic E-state index is 5.35. The molecule has 0 aromatic heterocycles. The van der Waals surface area contributed by atoms with Crippen molar-refractivity contribution in [3.8, 4) is 0 Å². The van der Waals surface area contributed by atoms with E-state index in [0.29, 0.717) is 19.3 Å². The van der Waals surface area contributed by atoms with Crippen LogP contribution in [0.4, 0.5) is 0 Å². The Labute approximate surface area is 75.4 Å². The van der Waals surface area contributed by atoms with Gasteiger partial charge in [-0.1, -0.05) is 6.92 Å². The molecule has 12 heavy (non-hydrogen) atoms. The molecular formula is C9H21NO2. The lowest BCUT2D eigenvalue weighted by atomic mass is 10.3. The zero-order chi connectivity index (χ0) is 9.23. The number of ether oxygens (including phenoxy) is 2. The predicted octanol–water partition coefficient (Wildman–Crippen LogP) is 1.04. The van der Waals surface area contributed by atoms with Crippen molar-refractivity contribution in [3.63, 3.8) is 0 Å². The van der Waals surface area contributed by atoms with Crippen LogP contribution < -0.4 is 5.32 Å². The fourth-order valence-corrected chi connectivity index (χ4v) is 0.852. The quantitative estimate of drug-likeness (QED) is 0.559. The van der Waals surface area contributed by atoms with E-state index in [9.17, 15) is 0 Å². The van der Waals surface area contributed by atoms with E-state index in [2.05, 4.69) is 19.2 Å². The van der Waals surface area contributed by atoms with Gasteiger partial charge in [0.2, 0.25) is 0 Å². The highest BCUT2D eigenvalue weighted by atomic mass is 16.5. The molecule has 0 saturated heterocycles. The maximum Gasteiger partial charge on any atom is 0.0701 e. The second-order valence-electron chi connectivity index (χ2n) is 2.92. The van der Waals surface area contributed by atoms with Crippen molar-refractivity contribution in [2.24, 2.45) is 0 Å². The molecule has 0 amide bonds. The first-order valence-corrected chi connectivity index (χ1v) is 4.61. The normalized spacial score (nSPS) is 13.2. The van der Waals surface area contributed by atoms with Gasteiger partial charge in [-0.25, -0.2) is 0 Å². The Morgan fingerprint density at radius 3 is 2.67 bits per heavy atom. The van der Waals surface area contributed by atoms with Crippen LogP contribution in [0.15, 0.2) is 0 Å². The lowest BCUT2D eigenvalue weighted by molar-refractivity contribution is 0.0611. The molecule has 74 valence electrons. The van der Waals surface area contributed by atoms with E-state index in [1.807, 2.05) is 0 Å². The van der Waals surface area contributed by atoms with Crippen LogP contribution in [0, 0.1) is 0 Å². The SMILES string of the molecule is CCCNC(C)COCCOC. The third-order valence-electron chi connectivity index (χ3n) is 1.54. The lowest BCUT2D eigenvalue weighted by Gasteiger charge is -2.12. The van der Waals surface area contributed by atoms with Crippen molar-refractivity contribution < 1.29 is 9.47 Å². The third kappa shape index (κ3) is 7.98. The van der Waals surface area contributed by atoms with Gasteiger partial charge < -0.3 is 14.8 Å². The van der Waals surface area contributed by atoms with Crippen molar-refractivity contribution in [2.45, 2.75) is 26.3 Å². The Hall–Kier alpha value is -0.120. The van der Waals surface area contributed by atoms with Gasteiger partial charge in [0.05, 0.1) is 19.8 Å². The van der Waals surface area contributed by atoms with E-state index in [-0.39, 0.29) is 0 Å². The lowest BCUT2D eigenvalue weighted by Crippen LogP contribution is -2.31. The van der Waals surface area contributed by atoms with E-state index in [1.54, 1.807) is 7.11 Å². The molecule has 1 N–H and O–H groups in total. The van der Waals surface area contributed by atoms with Crippen molar-refractivity contribution in [2.75, 3.05) is 33.5 Å². The van der Waals surface area contributed by atoms with Crippen molar-refractivity contribution in [3.05, 3.63) is 0 Å². The predicted molar refractivity (Wildman–Crippen MR) is 50.5 cm³/mol. The molecule has 0 aliphatic carbocycles. The highest BCUT2D eigenvalue weighted by molar-refractivity contribution is 4.57. The molecule has 0 aliphatic rings. The summed E-state index contributed by atoms with van der Waals surface area (Å²) in [6, 6.07) is 0.446. The van der Waals surface area contributed by atoms with Gasteiger partial charge in [0.25, 0.3) is 0 Å². The van der Waals surface area contributed by atoms with Crippen molar-refractivity contribution >= 4 is 0 Å². The first-order valence-electron chi connectivity index (χ1n) is 4.61. The topological polar surface area (TPSA) is 30.5 Å². The van der Waals surface area contributed by atoms with Crippen LogP contribution >= 0.6 is 0 Å². The number of hydrogen-bond acceptors (Lipinski definition) is 3. The molecular weight excluding hydrogens is 154 g/mol. The van der Waals surface area contributed by atoms with Crippen LogP contribution in [0.25, 0.3) is 0 Å². The zero-order valence-corrected chi connectivity index (χ0v) is 8.43. The fraction of sp³-hybridized carbons (Fsp3) is 1.00. The summed E-state index contributed by atoms with van der Waals surface area (Å²) in [6.45, 7) is 7.49. The van der Waals surface area contributed by atoms with Gasteiger partial charge >= 0.3 is 0 Å². The average Bonchev–Trinajstić information content (AvgIpc) is 2.09. The highest BCUT2D eigenvalue weighted by Gasteiger charge is 1.98. The minimum Gasteiger partial charge on any atom is -0.382 e. The summed E-state index contributed by atoms with van der Waals surface area (Å²) in [5.41, 5.74) is 0. The summed E-state index contributed by atoms with van der Waals surface area (Å²) in [6.07, 6.45) is 1.17. The van der Waals surface area contributed by atoms with Crippen LogP contribution in [-0.4, -0.2) is 39.5 Å². The minimum atomic E-state index is 0.446. The monoisotopic (exact) mass is 175 g/mol. The van der Waals surface area contributed by atoms with Gasteiger partial charge in [-0.15, -0.1) is 0 Å². The molecule has 0 saturated carbocycles. The van der Waals surface area contributed by atoms with Gasteiger partial charge in [0.1, 0.15) is 0 Å². The number of rotatable bonds is 8. The summed E-state index contributed by atoms with van der Waals surface area (Å²) < 4.78 is 10.2. The Bertz CT molecular complexity index is 88.6. The summed E-state index contributed by atoms with van der Waals surface area (Å²) in [7, 11) is 1.68. The van der Waals surface area contributed by atoms with Crippen molar-refractivity contribution in [1.29, 1.82) is 0 Å². The molecule has 0 fully saturated rings. The van der Waals surface area contributed by atoms with Crippen molar-refractivity contribution in [1.82, 2.24) is 5.32 Å². The molecule has 0 heterocycles. The number of methoxy groups -OCH3 is 1. The van der Waals surface area contributed by atoms with E-state index >= 15 is 0 Å². The molecule has 0 aromatic carbocycles.